The molecular weight excluding hydrogens is 392 g/mol. The number of nitrogens with zero attached hydrogens (tertiary/aromatic N) is 8. The largest absolute Gasteiger partial charge is 0.352 e. The second-order valence-electron chi connectivity index (χ2n) is 6.50. The Kier molecular flexibility index (Phi) is 5.35. The van der Waals surface area contributed by atoms with Crippen molar-refractivity contribution in [2.24, 2.45) is 0 Å². The molecule has 0 atom stereocenters. The van der Waals surface area contributed by atoms with Crippen molar-refractivity contribution in [3.05, 3.63) is 53.2 Å². The summed E-state index contributed by atoms with van der Waals surface area (Å²) in [6.45, 7) is 2.32. The minimum atomic E-state index is -0.0776. The van der Waals surface area contributed by atoms with E-state index in [9.17, 15) is 10.1 Å². The third kappa shape index (κ3) is 4.17. The summed E-state index contributed by atoms with van der Waals surface area (Å²) in [5.41, 5.74) is 1.32. The van der Waals surface area contributed by atoms with Gasteiger partial charge in [-0.3, -0.25) is 4.79 Å². The molecule has 29 heavy (non-hydrogen) atoms. The highest BCUT2D eigenvalue weighted by atomic mass is 35.5. The number of piperazine rings is 1. The zero-order valence-corrected chi connectivity index (χ0v) is 16.2. The molecule has 0 N–H and O–H groups in total. The molecule has 1 aliphatic heterocycles. The first-order valence-electron chi connectivity index (χ1n) is 9.05. The average molecular weight is 409 g/mol. The number of nitriles is 1. The molecule has 1 aliphatic rings. The van der Waals surface area contributed by atoms with Gasteiger partial charge in [-0.05, 0) is 41.6 Å². The Labute approximate surface area is 172 Å². The molecule has 3 heterocycles. The SMILES string of the molecule is N#Cc1cccnc1N1CCN(C(=O)Cn2nnc(-c3ccc(Cl)cc3)n2)CC1. The lowest BCUT2D eigenvalue weighted by Gasteiger charge is -2.35. The Hall–Kier alpha value is -3.51. The summed E-state index contributed by atoms with van der Waals surface area (Å²) in [7, 11) is 0. The summed E-state index contributed by atoms with van der Waals surface area (Å²) in [4.78, 5) is 22.0. The maximum atomic E-state index is 12.6. The first kappa shape index (κ1) is 18.8. The minimum absolute atomic E-state index is 0.0215. The van der Waals surface area contributed by atoms with Crippen LogP contribution < -0.4 is 4.90 Å². The zero-order valence-electron chi connectivity index (χ0n) is 15.4. The van der Waals surface area contributed by atoms with Gasteiger partial charge in [-0.25, -0.2) is 4.98 Å². The van der Waals surface area contributed by atoms with Crippen molar-refractivity contribution >= 4 is 23.3 Å². The number of carbonyl (C=O) groups excluding carboxylic acids is 1. The molecule has 1 aromatic carbocycles. The summed E-state index contributed by atoms with van der Waals surface area (Å²) in [5.74, 6) is 1.03. The van der Waals surface area contributed by atoms with Crippen LogP contribution in [0.3, 0.4) is 0 Å². The van der Waals surface area contributed by atoms with E-state index in [2.05, 4.69) is 26.5 Å². The van der Waals surface area contributed by atoms with Gasteiger partial charge >= 0.3 is 0 Å². The van der Waals surface area contributed by atoms with Crippen LogP contribution in [0.5, 0.6) is 0 Å². The van der Waals surface area contributed by atoms with Crippen molar-refractivity contribution in [1.29, 1.82) is 5.26 Å². The van der Waals surface area contributed by atoms with E-state index in [0.29, 0.717) is 48.4 Å². The second-order valence-corrected chi connectivity index (χ2v) is 6.94. The Bertz CT molecular complexity index is 1050. The highest BCUT2D eigenvalue weighted by Gasteiger charge is 2.24. The molecule has 9 nitrogen and oxygen atoms in total. The van der Waals surface area contributed by atoms with Crippen molar-refractivity contribution < 1.29 is 4.79 Å². The summed E-state index contributed by atoms with van der Waals surface area (Å²) >= 11 is 5.89. The molecule has 0 saturated carbocycles. The molecular formula is C19H17ClN8O. The zero-order chi connectivity index (χ0) is 20.2. The van der Waals surface area contributed by atoms with Crippen molar-refractivity contribution in [3.8, 4) is 17.5 Å². The third-order valence-corrected chi connectivity index (χ3v) is 4.92. The molecule has 3 aromatic rings. The molecule has 1 fully saturated rings. The molecule has 0 unspecified atom stereocenters. The van der Waals surface area contributed by atoms with Gasteiger partial charge in [-0.2, -0.15) is 10.1 Å². The number of rotatable bonds is 4. The van der Waals surface area contributed by atoms with Gasteiger partial charge in [0.15, 0.2) is 0 Å². The molecule has 0 spiro atoms. The van der Waals surface area contributed by atoms with Gasteiger partial charge in [-0.1, -0.05) is 11.6 Å². The topological polar surface area (TPSA) is 104 Å². The number of halogens is 1. The van der Waals surface area contributed by atoms with Crippen LogP contribution in [0.1, 0.15) is 5.56 Å². The van der Waals surface area contributed by atoms with Crippen molar-refractivity contribution in [1.82, 2.24) is 30.1 Å². The van der Waals surface area contributed by atoms with Gasteiger partial charge in [0.2, 0.25) is 11.7 Å². The van der Waals surface area contributed by atoms with E-state index in [1.165, 1.54) is 4.80 Å². The fourth-order valence-electron chi connectivity index (χ4n) is 3.15. The van der Waals surface area contributed by atoms with E-state index in [4.69, 9.17) is 11.6 Å². The first-order valence-corrected chi connectivity index (χ1v) is 9.43. The summed E-state index contributed by atoms with van der Waals surface area (Å²) in [6.07, 6.45) is 1.67. The van der Waals surface area contributed by atoms with E-state index in [1.807, 2.05) is 4.90 Å². The van der Waals surface area contributed by atoms with E-state index in [1.54, 1.807) is 47.5 Å². The maximum absolute atomic E-state index is 12.6. The minimum Gasteiger partial charge on any atom is -0.352 e. The highest BCUT2D eigenvalue weighted by molar-refractivity contribution is 6.30. The smallest absolute Gasteiger partial charge is 0.246 e. The number of amides is 1. The monoisotopic (exact) mass is 408 g/mol. The van der Waals surface area contributed by atoms with Crippen LogP contribution in [-0.2, 0) is 11.3 Å². The van der Waals surface area contributed by atoms with Crippen LogP contribution in [0.15, 0.2) is 42.6 Å². The average Bonchev–Trinajstić information content (AvgIpc) is 3.22. The van der Waals surface area contributed by atoms with Gasteiger partial charge in [-0.15, -0.1) is 10.2 Å². The quantitative estimate of drug-likeness (QED) is 0.645. The predicted molar refractivity (Wildman–Crippen MR) is 106 cm³/mol. The predicted octanol–water partition coefficient (Wildman–Crippen LogP) is 1.61. The Morgan fingerprint density at radius 3 is 2.62 bits per heavy atom. The number of hydrogen-bond donors (Lipinski definition) is 0. The van der Waals surface area contributed by atoms with Crippen LogP contribution in [0.25, 0.3) is 11.4 Å². The van der Waals surface area contributed by atoms with Gasteiger partial charge in [0.25, 0.3) is 0 Å². The summed E-state index contributed by atoms with van der Waals surface area (Å²) in [6, 6.07) is 12.8. The van der Waals surface area contributed by atoms with Gasteiger partial charge in [0.1, 0.15) is 18.4 Å². The van der Waals surface area contributed by atoms with Crippen LogP contribution in [0, 0.1) is 11.3 Å². The van der Waals surface area contributed by atoms with E-state index in [0.717, 1.165) is 5.56 Å². The lowest BCUT2D eigenvalue weighted by atomic mass is 10.2. The molecule has 0 aliphatic carbocycles. The van der Waals surface area contributed by atoms with Crippen molar-refractivity contribution in [2.45, 2.75) is 6.54 Å². The molecule has 1 saturated heterocycles. The number of carbonyl (C=O) groups is 1. The molecule has 0 bridgehead atoms. The fraction of sp³-hybridized carbons (Fsp3) is 0.263. The summed E-state index contributed by atoms with van der Waals surface area (Å²) < 4.78 is 0. The summed E-state index contributed by atoms with van der Waals surface area (Å²) in [5, 5.41) is 22.1. The van der Waals surface area contributed by atoms with E-state index in [-0.39, 0.29) is 12.5 Å². The van der Waals surface area contributed by atoms with Crippen LogP contribution in [0.2, 0.25) is 5.02 Å². The lowest BCUT2D eigenvalue weighted by Crippen LogP contribution is -2.50. The number of tetrazole rings is 1. The second kappa shape index (κ2) is 8.24. The standard InChI is InChI=1S/C19H17ClN8O/c20-16-5-3-14(4-6-16)18-23-25-28(24-18)13-17(29)26-8-10-27(11-9-26)19-15(12-21)2-1-7-22-19/h1-7H,8-11,13H2. The van der Waals surface area contributed by atoms with E-state index < -0.39 is 0 Å². The number of anilines is 1. The Morgan fingerprint density at radius 1 is 1.14 bits per heavy atom. The molecule has 146 valence electrons. The normalized spacial score (nSPS) is 13.9. The molecule has 1 amide bonds. The highest BCUT2D eigenvalue weighted by Crippen LogP contribution is 2.19. The molecule has 10 heteroatoms. The molecule has 0 radical (unpaired) electrons. The lowest BCUT2D eigenvalue weighted by molar-refractivity contribution is -0.132. The van der Waals surface area contributed by atoms with Gasteiger partial charge < -0.3 is 9.80 Å². The number of pyridine rings is 1. The van der Waals surface area contributed by atoms with Crippen molar-refractivity contribution in [2.75, 3.05) is 31.1 Å². The first-order chi connectivity index (χ1) is 14.1. The van der Waals surface area contributed by atoms with Gasteiger partial charge in [0.05, 0.1) is 5.56 Å². The molecule has 4 rings (SSSR count). The number of hydrogen-bond acceptors (Lipinski definition) is 7. The van der Waals surface area contributed by atoms with Crippen LogP contribution in [-0.4, -0.2) is 62.2 Å². The fourth-order valence-corrected chi connectivity index (χ4v) is 3.28. The van der Waals surface area contributed by atoms with Crippen LogP contribution in [0.4, 0.5) is 5.82 Å². The van der Waals surface area contributed by atoms with Gasteiger partial charge in [0, 0.05) is 43.0 Å². The Morgan fingerprint density at radius 2 is 1.90 bits per heavy atom. The van der Waals surface area contributed by atoms with E-state index >= 15 is 0 Å². The number of benzene rings is 1. The molecule has 2 aromatic heterocycles. The Balaban J connectivity index is 1.36. The van der Waals surface area contributed by atoms with Crippen molar-refractivity contribution in [3.63, 3.8) is 0 Å². The third-order valence-electron chi connectivity index (χ3n) is 4.67. The number of aromatic nitrogens is 5. The van der Waals surface area contributed by atoms with Crippen LogP contribution >= 0.6 is 11.6 Å². The maximum Gasteiger partial charge on any atom is 0.246 e.